The van der Waals surface area contributed by atoms with E-state index in [-0.39, 0.29) is 22.1 Å². The molecule has 1 aromatic heterocycles. The van der Waals surface area contributed by atoms with Crippen molar-refractivity contribution in [1.29, 1.82) is 5.26 Å². The molecule has 0 fully saturated rings. The van der Waals surface area contributed by atoms with E-state index in [4.69, 9.17) is 10.2 Å². The maximum atomic E-state index is 11.2. The number of nitrogens with two attached hydrogens (primary N) is 1. The van der Waals surface area contributed by atoms with Gasteiger partial charge in [0.2, 0.25) is 0 Å². The molecule has 3 aromatic rings. The Hall–Kier alpha value is -3.70. The Morgan fingerprint density at radius 2 is 1.78 bits per heavy atom. The van der Waals surface area contributed by atoms with Gasteiger partial charge in [-0.05, 0) is 41.9 Å². The number of hydrogen-bond donors (Lipinski definition) is 1. The first-order valence-corrected chi connectivity index (χ1v) is 13.1. The average Bonchev–Trinajstić information content (AvgIpc) is 2.72. The molecule has 32 heavy (non-hydrogen) atoms. The number of benzene rings is 2. The fourth-order valence-corrected chi connectivity index (χ4v) is 4.06. The number of hydrogen-bond acceptors (Lipinski definition) is 6. The van der Waals surface area contributed by atoms with Crippen molar-refractivity contribution < 1.29 is 9.35 Å². The number of nitro benzene ring substituents is 1. The number of nitrogen functional groups attached to an aromatic ring is 1. The third kappa shape index (κ3) is 4.48. The maximum Gasteiger partial charge on any atom is 0.270 e. The molecule has 7 nitrogen and oxygen atoms in total. The third-order valence-corrected chi connectivity index (χ3v) is 10.2. The molecule has 8 heteroatoms. The summed E-state index contributed by atoms with van der Waals surface area (Å²) in [6, 6.07) is 17.5. The third-order valence-electron chi connectivity index (χ3n) is 5.86. The normalized spacial score (nSPS) is 11.6. The minimum Gasteiger partial charge on any atom is -0.543 e. The van der Waals surface area contributed by atoms with Crippen molar-refractivity contribution in [3.05, 3.63) is 70.3 Å². The number of nitro groups is 1. The molecule has 164 valence electrons. The smallest absolute Gasteiger partial charge is 0.270 e. The van der Waals surface area contributed by atoms with Crippen LogP contribution in [0.3, 0.4) is 0 Å². The zero-order chi connectivity index (χ0) is 23.7. The highest BCUT2D eigenvalue weighted by Crippen LogP contribution is 2.41. The monoisotopic (exact) mass is 446 g/mol. The number of nitriles is 1. The summed E-state index contributed by atoms with van der Waals surface area (Å²) in [6.45, 7) is 10.8. The molecular formula is C24H26N4O3Si. The highest BCUT2D eigenvalue weighted by atomic mass is 28.4. The first-order chi connectivity index (χ1) is 14.9. The topological polar surface area (TPSA) is 115 Å². The lowest BCUT2D eigenvalue weighted by Gasteiger charge is -2.37. The highest BCUT2D eigenvalue weighted by Gasteiger charge is 2.39. The second kappa shape index (κ2) is 8.44. The van der Waals surface area contributed by atoms with Crippen LogP contribution in [0.2, 0.25) is 18.1 Å². The van der Waals surface area contributed by atoms with Crippen LogP contribution in [0.5, 0.6) is 5.75 Å². The summed E-state index contributed by atoms with van der Waals surface area (Å²) >= 11 is 0. The number of non-ortho nitro benzene ring substituents is 1. The van der Waals surface area contributed by atoms with E-state index in [9.17, 15) is 15.4 Å². The number of pyridine rings is 1. The van der Waals surface area contributed by atoms with Gasteiger partial charge in [0, 0.05) is 23.3 Å². The van der Waals surface area contributed by atoms with E-state index in [0.717, 1.165) is 5.56 Å². The van der Waals surface area contributed by atoms with Gasteiger partial charge < -0.3 is 10.2 Å². The fraction of sp³-hybridized carbons (Fsp3) is 0.250. The first kappa shape index (κ1) is 23.0. The molecule has 0 spiro atoms. The molecule has 0 saturated carbocycles. The zero-order valence-corrected chi connectivity index (χ0v) is 19.8. The van der Waals surface area contributed by atoms with E-state index in [0.29, 0.717) is 22.6 Å². The molecule has 0 unspecified atom stereocenters. The summed E-state index contributed by atoms with van der Waals surface area (Å²) < 4.78 is 6.55. The van der Waals surface area contributed by atoms with Crippen molar-refractivity contribution in [2.24, 2.45) is 0 Å². The lowest BCUT2D eigenvalue weighted by atomic mass is 9.98. The van der Waals surface area contributed by atoms with Gasteiger partial charge in [-0.2, -0.15) is 5.26 Å². The minimum absolute atomic E-state index is 0.00533. The molecule has 0 saturated heterocycles. The Kier molecular flexibility index (Phi) is 6.06. The highest BCUT2D eigenvalue weighted by molar-refractivity contribution is 6.74. The largest absolute Gasteiger partial charge is 0.543 e. The van der Waals surface area contributed by atoms with Crippen molar-refractivity contribution in [3.63, 3.8) is 0 Å². The molecular weight excluding hydrogens is 420 g/mol. The van der Waals surface area contributed by atoms with Crippen molar-refractivity contribution in [2.45, 2.75) is 38.9 Å². The summed E-state index contributed by atoms with van der Waals surface area (Å²) in [6.07, 6.45) is 0. The molecule has 0 aliphatic heterocycles. The fourth-order valence-electron chi connectivity index (χ4n) is 3.03. The molecule has 0 aliphatic rings. The number of nitrogens with zero attached hydrogens (tertiary/aromatic N) is 3. The lowest BCUT2D eigenvalue weighted by molar-refractivity contribution is -0.384. The Bertz CT molecular complexity index is 1230. The zero-order valence-electron chi connectivity index (χ0n) is 18.8. The van der Waals surface area contributed by atoms with Crippen molar-refractivity contribution in [3.8, 4) is 34.2 Å². The van der Waals surface area contributed by atoms with Gasteiger partial charge in [-0.25, -0.2) is 4.98 Å². The summed E-state index contributed by atoms with van der Waals surface area (Å²) in [5.74, 6) is 0.759. The van der Waals surface area contributed by atoms with Crippen LogP contribution in [0.15, 0.2) is 54.6 Å². The van der Waals surface area contributed by atoms with Crippen LogP contribution in [0, 0.1) is 21.4 Å². The van der Waals surface area contributed by atoms with E-state index in [1.54, 1.807) is 18.2 Å². The molecule has 3 rings (SSSR count). The van der Waals surface area contributed by atoms with Crippen LogP contribution in [-0.2, 0) is 0 Å². The van der Waals surface area contributed by atoms with Crippen LogP contribution in [-0.4, -0.2) is 18.2 Å². The van der Waals surface area contributed by atoms with E-state index in [1.807, 2.05) is 24.3 Å². The Morgan fingerprint density at radius 3 is 2.41 bits per heavy atom. The number of anilines is 1. The molecule has 0 radical (unpaired) electrons. The lowest BCUT2D eigenvalue weighted by Crippen LogP contribution is -2.44. The first-order valence-electron chi connectivity index (χ1n) is 10.2. The van der Waals surface area contributed by atoms with Crippen LogP contribution < -0.4 is 10.2 Å². The summed E-state index contributed by atoms with van der Waals surface area (Å²) in [5.41, 5.74) is 8.56. The van der Waals surface area contributed by atoms with Crippen molar-refractivity contribution in [2.75, 3.05) is 5.73 Å². The van der Waals surface area contributed by atoms with Crippen molar-refractivity contribution >= 4 is 19.8 Å². The maximum absolute atomic E-state index is 11.2. The van der Waals surface area contributed by atoms with Gasteiger partial charge in [0.05, 0.1) is 10.6 Å². The average molecular weight is 447 g/mol. The van der Waals surface area contributed by atoms with E-state index in [2.05, 4.69) is 44.9 Å². The standard InChI is InChI=1S/C24H26N4O3Si/c1-24(2,3)32(4,5)31-22-12-7-6-11-18(22)21-14-19(20(15-25)23(26)27-21)16-9-8-10-17(13-16)28(29)30/h6-14H,1-5H3,(H2,26,27). The predicted octanol–water partition coefficient (Wildman–Crippen LogP) is 6.16. The summed E-state index contributed by atoms with van der Waals surface area (Å²) in [4.78, 5) is 15.2. The van der Waals surface area contributed by atoms with Gasteiger partial charge in [0.15, 0.2) is 0 Å². The quantitative estimate of drug-likeness (QED) is 0.285. The van der Waals surface area contributed by atoms with Crippen LogP contribution in [0.1, 0.15) is 26.3 Å². The molecule has 1 heterocycles. The Balaban J connectivity index is 2.19. The Labute approximate surface area is 188 Å². The van der Waals surface area contributed by atoms with E-state index >= 15 is 0 Å². The molecule has 0 aliphatic carbocycles. The molecule has 0 bridgehead atoms. The molecule has 0 atom stereocenters. The van der Waals surface area contributed by atoms with Crippen LogP contribution in [0.4, 0.5) is 11.5 Å². The van der Waals surface area contributed by atoms with Gasteiger partial charge in [0.25, 0.3) is 14.0 Å². The van der Waals surface area contributed by atoms with Crippen molar-refractivity contribution in [1.82, 2.24) is 4.98 Å². The SMILES string of the molecule is CC(C)(C)[Si](C)(C)Oc1ccccc1-c1cc(-c2cccc([N+](=O)[O-])c2)c(C#N)c(N)n1. The van der Waals surface area contributed by atoms with Gasteiger partial charge in [-0.1, -0.05) is 45.0 Å². The molecule has 2 aromatic carbocycles. The second-order valence-electron chi connectivity index (χ2n) is 9.09. The van der Waals surface area contributed by atoms with Gasteiger partial charge in [-0.15, -0.1) is 0 Å². The van der Waals surface area contributed by atoms with Gasteiger partial charge in [0.1, 0.15) is 23.2 Å². The van der Waals surface area contributed by atoms with E-state index < -0.39 is 13.2 Å². The van der Waals surface area contributed by atoms with Crippen LogP contribution in [0.25, 0.3) is 22.4 Å². The molecule has 2 N–H and O–H groups in total. The number of rotatable bonds is 5. The van der Waals surface area contributed by atoms with Gasteiger partial charge >= 0.3 is 0 Å². The summed E-state index contributed by atoms with van der Waals surface area (Å²) in [7, 11) is -2.13. The Morgan fingerprint density at radius 1 is 1.09 bits per heavy atom. The van der Waals surface area contributed by atoms with Gasteiger partial charge in [-0.3, -0.25) is 10.1 Å². The van der Waals surface area contributed by atoms with Crippen LogP contribution >= 0.6 is 0 Å². The molecule has 0 amide bonds. The predicted molar refractivity (Wildman–Crippen MR) is 129 cm³/mol. The summed E-state index contributed by atoms with van der Waals surface area (Å²) in [5, 5.41) is 20.9. The minimum atomic E-state index is -2.13. The number of aromatic nitrogens is 1. The van der Waals surface area contributed by atoms with E-state index in [1.165, 1.54) is 12.1 Å². The second-order valence-corrected chi connectivity index (χ2v) is 13.8. The number of para-hydroxylation sites is 1.